The van der Waals surface area contributed by atoms with E-state index in [9.17, 15) is 4.79 Å². The lowest BCUT2D eigenvalue weighted by Crippen LogP contribution is -2.29. The Kier molecular flexibility index (Phi) is 4.47. The Morgan fingerprint density at radius 1 is 1.33 bits per heavy atom. The highest BCUT2D eigenvalue weighted by Crippen LogP contribution is 2.21. The maximum Gasteiger partial charge on any atom is 0.141 e. The summed E-state index contributed by atoms with van der Waals surface area (Å²) in [6.07, 6.45) is 1.62. The van der Waals surface area contributed by atoms with Crippen molar-refractivity contribution < 1.29 is 4.79 Å². The fourth-order valence-corrected chi connectivity index (χ4v) is 2.75. The summed E-state index contributed by atoms with van der Waals surface area (Å²) < 4.78 is 1.99. The summed E-state index contributed by atoms with van der Waals surface area (Å²) in [5, 5.41) is 0. The largest absolute Gasteiger partial charge is 0.331 e. The third-order valence-electron chi connectivity index (χ3n) is 3.60. The van der Waals surface area contributed by atoms with Crippen LogP contribution in [0.5, 0.6) is 0 Å². The first kappa shape index (κ1) is 15.7. The number of nitrogens with two attached hydrogens (primary N) is 1. The molecule has 21 heavy (non-hydrogen) atoms. The number of ketones is 1. The summed E-state index contributed by atoms with van der Waals surface area (Å²) in [4.78, 5) is 16.7. The van der Waals surface area contributed by atoms with Crippen LogP contribution in [0, 0.1) is 5.41 Å². The van der Waals surface area contributed by atoms with Gasteiger partial charge in [-0.25, -0.2) is 4.98 Å². The van der Waals surface area contributed by atoms with Crippen molar-refractivity contribution in [2.45, 2.75) is 46.1 Å². The average Bonchev–Trinajstić information content (AvgIpc) is 2.64. The molecule has 0 aliphatic heterocycles. The van der Waals surface area contributed by atoms with Crippen molar-refractivity contribution in [2.24, 2.45) is 18.2 Å². The lowest BCUT2D eigenvalue weighted by Gasteiger charge is -2.22. The van der Waals surface area contributed by atoms with E-state index in [0.29, 0.717) is 12.8 Å². The van der Waals surface area contributed by atoms with E-state index in [1.54, 1.807) is 0 Å². The second kappa shape index (κ2) is 5.98. The minimum atomic E-state index is -0.0767. The number of para-hydroxylation sites is 2. The zero-order valence-electron chi connectivity index (χ0n) is 13.4. The molecule has 0 saturated heterocycles. The number of aryl methyl sites for hydroxylation is 1. The third-order valence-corrected chi connectivity index (χ3v) is 3.60. The molecule has 0 fully saturated rings. The predicted octanol–water partition coefficient (Wildman–Crippen LogP) is 2.84. The van der Waals surface area contributed by atoms with E-state index in [2.05, 4.69) is 25.8 Å². The van der Waals surface area contributed by atoms with E-state index in [0.717, 1.165) is 23.3 Å². The van der Waals surface area contributed by atoms with Crippen LogP contribution in [0.25, 0.3) is 11.0 Å². The molecule has 0 bridgehead atoms. The average molecular weight is 287 g/mol. The monoisotopic (exact) mass is 287 g/mol. The normalized spacial score (nSPS) is 13.6. The van der Waals surface area contributed by atoms with Gasteiger partial charge < -0.3 is 10.3 Å². The summed E-state index contributed by atoms with van der Waals surface area (Å²) in [6, 6.07) is 7.85. The van der Waals surface area contributed by atoms with Crippen molar-refractivity contribution in [2.75, 3.05) is 0 Å². The molecule has 1 aromatic carbocycles. The summed E-state index contributed by atoms with van der Waals surface area (Å²) in [6.45, 7) is 6.43. The molecule has 4 nitrogen and oxygen atoms in total. The molecule has 1 aromatic heterocycles. The zero-order chi connectivity index (χ0) is 15.6. The van der Waals surface area contributed by atoms with Gasteiger partial charge >= 0.3 is 0 Å². The molecule has 1 heterocycles. The van der Waals surface area contributed by atoms with Crippen LogP contribution in [0.2, 0.25) is 0 Å². The number of hydrogen-bond acceptors (Lipinski definition) is 3. The van der Waals surface area contributed by atoms with Crippen LogP contribution in [0.3, 0.4) is 0 Å². The number of rotatable bonds is 5. The van der Waals surface area contributed by atoms with E-state index in [-0.39, 0.29) is 17.2 Å². The maximum atomic E-state index is 12.2. The quantitative estimate of drug-likeness (QED) is 0.920. The van der Waals surface area contributed by atoms with Gasteiger partial charge in [-0.1, -0.05) is 32.9 Å². The number of benzene rings is 1. The van der Waals surface area contributed by atoms with Gasteiger partial charge in [0.05, 0.1) is 17.5 Å². The molecular weight excluding hydrogens is 262 g/mol. The maximum absolute atomic E-state index is 12.2. The highest BCUT2D eigenvalue weighted by Gasteiger charge is 2.19. The molecule has 0 spiro atoms. The number of Topliss-reactive ketones (excluding diaryl/α,β-unsaturated/α-hetero) is 1. The van der Waals surface area contributed by atoms with Crippen LogP contribution >= 0.6 is 0 Å². The summed E-state index contributed by atoms with van der Waals surface area (Å²) >= 11 is 0. The van der Waals surface area contributed by atoms with Gasteiger partial charge in [-0.2, -0.15) is 0 Å². The van der Waals surface area contributed by atoms with E-state index in [1.807, 2.05) is 35.9 Å². The summed E-state index contributed by atoms with van der Waals surface area (Å²) in [7, 11) is 1.95. The lowest BCUT2D eigenvalue weighted by molar-refractivity contribution is -0.119. The molecule has 0 saturated carbocycles. The number of carbonyl (C=O) groups excluding carboxylic acids is 1. The van der Waals surface area contributed by atoms with Gasteiger partial charge in [-0.05, 0) is 24.0 Å². The molecule has 2 rings (SSSR count). The Labute approximate surface area is 126 Å². The van der Waals surface area contributed by atoms with E-state index < -0.39 is 0 Å². The zero-order valence-corrected chi connectivity index (χ0v) is 13.4. The molecule has 0 amide bonds. The molecule has 2 aromatic rings. The number of nitrogens with zero attached hydrogens (tertiary/aromatic N) is 2. The van der Waals surface area contributed by atoms with Crippen molar-refractivity contribution in [1.82, 2.24) is 9.55 Å². The Balaban J connectivity index is 2.03. The summed E-state index contributed by atoms with van der Waals surface area (Å²) in [5.41, 5.74) is 8.22. The molecule has 2 N–H and O–H groups in total. The van der Waals surface area contributed by atoms with Crippen molar-refractivity contribution >= 4 is 16.8 Å². The van der Waals surface area contributed by atoms with Gasteiger partial charge in [-0.3, -0.25) is 4.79 Å². The Morgan fingerprint density at radius 3 is 2.62 bits per heavy atom. The summed E-state index contributed by atoms with van der Waals surface area (Å²) in [5.74, 6) is 0.967. The standard InChI is InChI=1S/C17H25N3O/c1-17(2,3)11-12(18)9-13(21)10-16-19-14-7-5-6-8-15(14)20(16)4/h5-8,12H,9-11,18H2,1-4H3. The topological polar surface area (TPSA) is 60.9 Å². The molecular formula is C17H25N3O. The SMILES string of the molecule is Cn1c(CC(=O)CC(N)CC(C)(C)C)nc2ccccc21. The Morgan fingerprint density at radius 2 is 2.00 bits per heavy atom. The van der Waals surface area contributed by atoms with Gasteiger partial charge in [0.1, 0.15) is 11.6 Å². The van der Waals surface area contributed by atoms with Crippen LogP contribution in [0.15, 0.2) is 24.3 Å². The van der Waals surface area contributed by atoms with E-state index in [4.69, 9.17) is 5.73 Å². The molecule has 0 aliphatic rings. The van der Waals surface area contributed by atoms with Crippen LogP contribution in [-0.4, -0.2) is 21.4 Å². The van der Waals surface area contributed by atoms with Crippen molar-refractivity contribution in [3.8, 4) is 0 Å². The van der Waals surface area contributed by atoms with Crippen LogP contribution < -0.4 is 5.73 Å². The fourth-order valence-electron chi connectivity index (χ4n) is 2.75. The second-order valence-corrected chi connectivity index (χ2v) is 7.02. The Bertz CT molecular complexity index is 637. The molecule has 0 aliphatic carbocycles. The van der Waals surface area contributed by atoms with E-state index >= 15 is 0 Å². The molecule has 4 heteroatoms. The second-order valence-electron chi connectivity index (χ2n) is 7.02. The third kappa shape index (κ3) is 4.14. The number of aromatic nitrogens is 2. The van der Waals surface area contributed by atoms with Gasteiger partial charge in [0, 0.05) is 19.5 Å². The van der Waals surface area contributed by atoms with Gasteiger partial charge in [0.25, 0.3) is 0 Å². The highest BCUT2D eigenvalue weighted by atomic mass is 16.1. The van der Waals surface area contributed by atoms with Gasteiger partial charge in [0.15, 0.2) is 0 Å². The van der Waals surface area contributed by atoms with Gasteiger partial charge in [-0.15, -0.1) is 0 Å². The van der Waals surface area contributed by atoms with Crippen LogP contribution in [0.4, 0.5) is 0 Å². The first-order chi connectivity index (χ1) is 9.76. The molecule has 0 radical (unpaired) electrons. The minimum absolute atomic E-state index is 0.0767. The number of fused-ring (bicyclic) bond motifs is 1. The number of hydrogen-bond donors (Lipinski definition) is 1. The lowest BCUT2D eigenvalue weighted by atomic mass is 9.86. The van der Waals surface area contributed by atoms with Crippen molar-refractivity contribution in [3.05, 3.63) is 30.1 Å². The molecule has 114 valence electrons. The predicted molar refractivity (Wildman–Crippen MR) is 86.1 cm³/mol. The van der Waals surface area contributed by atoms with E-state index in [1.165, 1.54) is 0 Å². The highest BCUT2D eigenvalue weighted by molar-refractivity contribution is 5.83. The van der Waals surface area contributed by atoms with Crippen molar-refractivity contribution in [1.29, 1.82) is 0 Å². The van der Waals surface area contributed by atoms with Gasteiger partial charge in [0.2, 0.25) is 0 Å². The fraction of sp³-hybridized carbons (Fsp3) is 0.529. The molecule has 1 atom stereocenters. The first-order valence-electron chi connectivity index (χ1n) is 7.44. The number of carbonyl (C=O) groups is 1. The first-order valence-corrected chi connectivity index (χ1v) is 7.44. The van der Waals surface area contributed by atoms with Crippen molar-refractivity contribution in [3.63, 3.8) is 0 Å². The Hall–Kier alpha value is -1.68. The number of imidazole rings is 1. The minimum Gasteiger partial charge on any atom is -0.331 e. The van der Waals surface area contributed by atoms with Crippen LogP contribution in [0.1, 0.15) is 39.4 Å². The smallest absolute Gasteiger partial charge is 0.141 e. The molecule has 1 unspecified atom stereocenters. The van der Waals surface area contributed by atoms with Crippen LogP contribution in [-0.2, 0) is 18.3 Å².